The molecule has 0 aliphatic carbocycles. The molecule has 5 nitrogen and oxygen atoms in total. The van der Waals surface area contributed by atoms with Crippen LogP contribution in [-0.2, 0) is 0 Å². The number of benzene rings is 1. The van der Waals surface area contributed by atoms with Gasteiger partial charge in [0.2, 0.25) is 0 Å². The number of hydrogen-bond acceptors (Lipinski definition) is 4. The average Bonchev–Trinajstić information content (AvgIpc) is 3.22. The monoisotopic (exact) mass is 317 g/mol. The number of nitrogens with one attached hydrogen (secondary N) is 1. The average molecular weight is 317 g/mol. The summed E-state index contributed by atoms with van der Waals surface area (Å²) in [4.78, 5) is 7.84. The molecule has 0 spiro atoms. The van der Waals surface area contributed by atoms with E-state index in [1.165, 1.54) is 25.9 Å². The Morgan fingerprint density at radius 2 is 2.13 bits per heavy atom. The van der Waals surface area contributed by atoms with Crippen LogP contribution >= 0.6 is 0 Å². The fourth-order valence-electron chi connectivity index (χ4n) is 3.19. The molecule has 2 N–H and O–H groups in total. The Kier molecular flexibility index (Phi) is 5.54. The lowest BCUT2D eigenvalue weighted by molar-refractivity contribution is 0.0744. The summed E-state index contributed by atoms with van der Waals surface area (Å²) in [6.45, 7) is 5.48. The summed E-state index contributed by atoms with van der Waals surface area (Å²) in [7, 11) is 2.06. The molecular weight excluding hydrogens is 290 g/mol. The number of H-pyrrole nitrogens is 1. The maximum atomic E-state index is 10.2. The van der Waals surface area contributed by atoms with Gasteiger partial charge in [0.25, 0.3) is 0 Å². The number of hydrogen-bond donors (Lipinski definition) is 2. The van der Waals surface area contributed by atoms with Crippen molar-refractivity contribution in [3.8, 4) is 5.75 Å². The molecule has 2 heterocycles. The highest BCUT2D eigenvalue weighted by Crippen LogP contribution is 2.24. The number of aromatic nitrogens is 1. The van der Waals surface area contributed by atoms with Gasteiger partial charge in [-0.3, -0.25) is 0 Å². The molecule has 1 aliphatic rings. The van der Waals surface area contributed by atoms with Crippen LogP contribution in [0.4, 0.5) is 0 Å². The first-order chi connectivity index (χ1) is 11.2. The number of fused-ring (bicyclic) bond motifs is 1. The largest absolute Gasteiger partial charge is 0.490 e. The molecule has 0 saturated carbocycles. The van der Waals surface area contributed by atoms with E-state index in [2.05, 4.69) is 21.8 Å². The minimum atomic E-state index is -0.479. The smallest absolute Gasteiger partial charge is 0.128 e. The van der Waals surface area contributed by atoms with Crippen molar-refractivity contribution in [1.82, 2.24) is 14.8 Å². The van der Waals surface area contributed by atoms with Crippen LogP contribution in [0.5, 0.6) is 5.75 Å². The number of ether oxygens (including phenoxy) is 1. The van der Waals surface area contributed by atoms with Crippen LogP contribution in [0.25, 0.3) is 10.9 Å². The molecule has 1 aromatic heterocycles. The van der Waals surface area contributed by atoms with Gasteiger partial charge in [0.1, 0.15) is 18.5 Å². The predicted molar refractivity (Wildman–Crippen MR) is 93.0 cm³/mol. The van der Waals surface area contributed by atoms with Crippen molar-refractivity contribution in [3.05, 3.63) is 30.5 Å². The van der Waals surface area contributed by atoms with Crippen LogP contribution in [0, 0.1) is 0 Å². The summed E-state index contributed by atoms with van der Waals surface area (Å²) in [5.74, 6) is 0.822. The number of rotatable bonds is 8. The minimum Gasteiger partial charge on any atom is -0.490 e. The lowest BCUT2D eigenvalue weighted by atomic mass is 10.2. The highest BCUT2D eigenvalue weighted by atomic mass is 16.5. The first kappa shape index (κ1) is 16.3. The first-order valence-corrected chi connectivity index (χ1v) is 8.50. The van der Waals surface area contributed by atoms with Crippen molar-refractivity contribution in [1.29, 1.82) is 0 Å². The number of aliphatic hydroxyl groups excluding tert-OH is 1. The van der Waals surface area contributed by atoms with Gasteiger partial charge < -0.3 is 24.6 Å². The Labute approximate surface area is 137 Å². The molecule has 1 saturated heterocycles. The van der Waals surface area contributed by atoms with Gasteiger partial charge in [-0.1, -0.05) is 6.07 Å². The van der Waals surface area contributed by atoms with Gasteiger partial charge in [-0.2, -0.15) is 0 Å². The second-order valence-corrected chi connectivity index (χ2v) is 6.47. The fourth-order valence-corrected chi connectivity index (χ4v) is 3.19. The molecule has 1 fully saturated rings. The first-order valence-electron chi connectivity index (χ1n) is 8.50. The summed E-state index contributed by atoms with van der Waals surface area (Å²) in [5, 5.41) is 11.3. The second kappa shape index (κ2) is 7.81. The van der Waals surface area contributed by atoms with Crippen LogP contribution in [0.1, 0.15) is 12.8 Å². The molecular formula is C18H27N3O2. The van der Waals surface area contributed by atoms with E-state index in [4.69, 9.17) is 4.74 Å². The molecule has 0 bridgehead atoms. The molecule has 0 amide bonds. The molecule has 23 heavy (non-hydrogen) atoms. The van der Waals surface area contributed by atoms with Gasteiger partial charge >= 0.3 is 0 Å². The Balaban J connectivity index is 1.42. The lowest BCUT2D eigenvalue weighted by Gasteiger charge is -2.23. The SMILES string of the molecule is CN(CCN1CCCC1)CC(O)COc1cccc2[nH]ccc12. The van der Waals surface area contributed by atoms with E-state index in [1.54, 1.807) is 0 Å². The maximum Gasteiger partial charge on any atom is 0.128 e. The van der Waals surface area contributed by atoms with Crippen LogP contribution in [0.3, 0.4) is 0 Å². The number of nitrogens with zero attached hydrogens (tertiary/aromatic N) is 2. The van der Waals surface area contributed by atoms with Crippen molar-refractivity contribution >= 4 is 10.9 Å². The quantitative estimate of drug-likeness (QED) is 0.781. The van der Waals surface area contributed by atoms with Gasteiger partial charge in [0.05, 0.1) is 0 Å². The minimum absolute atomic E-state index is 0.318. The zero-order valence-electron chi connectivity index (χ0n) is 13.9. The van der Waals surface area contributed by atoms with Crippen molar-refractivity contribution in [2.75, 3.05) is 46.4 Å². The molecule has 1 unspecified atom stereocenters. The van der Waals surface area contributed by atoms with Crippen molar-refractivity contribution in [3.63, 3.8) is 0 Å². The van der Waals surface area contributed by atoms with Gasteiger partial charge in [-0.05, 0) is 51.2 Å². The maximum absolute atomic E-state index is 10.2. The number of aliphatic hydroxyl groups is 1. The normalized spacial score (nSPS) is 17.2. The Morgan fingerprint density at radius 1 is 1.30 bits per heavy atom. The van der Waals surface area contributed by atoms with Crippen LogP contribution in [0.2, 0.25) is 0 Å². The lowest BCUT2D eigenvalue weighted by Crippen LogP contribution is -2.37. The molecule has 0 radical (unpaired) electrons. The second-order valence-electron chi connectivity index (χ2n) is 6.47. The highest BCUT2D eigenvalue weighted by Gasteiger charge is 2.14. The summed E-state index contributed by atoms with van der Waals surface area (Å²) in [5.41, 5.74) is 1.06. The summed E-state index contributed by atoms with van der Waals surface area (Å²) >= 11 is 0. The number of likely N-dealkylation sites (N-methyl/N-ethyl adjacent to an activating group) is 1. The Hall–Kier alpha value is -1.56. The third-order valence-electron chi connectivity index (χ3n) is 4.51. The molecule has 126 valence electrons. The number of aromatic amines is 1. The van der Waals surface area contributed by atoms with Crippen molar-refractivity contribution in [2.45, 2.75) is 18.9 Å². The van der Waals surface area contributed by atoms with Gasteiger partial charge in [0.15, 0.2) is 0 Å². The third kappa shape index (κ3) is 4.47. The molecule has 5 heteroatoms. The van der Waals surface area contributed by atoms with E-state index in [0.29, 0.717) is 13.2 Å². The van der Waals surface area contributed by atoms with Gasteiger partial charge in [-0.25, -0.2) is 0 Å². The summed E-state index contributed by atoms with van der Waals surface area (Å²) in [6, 6.07) is 7.92. The molecule has 1 aromatic carbocycles. The van der Waals surface area contributed by atoms with Crippen LogP contribution < -0.4 is 4.74 Å². The predicted octanol–water partition coefficient (Wildman–Crippen LogP) is 1.94. The van der Waals surface area contributed by atoms with Gasteiger partial charge in [0, 0.05) is 36.7 Å². The molecule has 3 rings (SSSR count). The van der Waals surface area contributed by atoms with Crippen molar-refractivity contribution < 1.29 is 9.84 Å². The van der Waals surface area contributed by atoms with E-state index in [0.717, 1.165) is 29.7 Å². The Morgan fingerprint density at radius 3 is 2.96 bits per heavy atom. The standard InChI is InChI=1S/C18H27N3O2/c1-20(11-12-21-9-2-3-10-21)13-15(22)14-23-18-6-4-5-17-16(18)7-8-19-17/h4-8,15,19,22H,2-3,9-14H2,1H3. The zero-order chi connectivity index (χ0) is 16.1. The van der Waals surface area contributed by atoms with E-state index in [-0.39, 0.29) is 0 Å². The van der Waals surface area contributed by atoms with E-state index in [1.807, 2.05) is 30.5 Å². The van der Waals surface area contributed by atoms with Gasteiger partial charge in [-0.15, -0.1) is 0 Å². The zero-order valence-corrected chi connectivity index (χ0v) is 13.9. The highest BCUT2D eigenvalue weighted by molar-refractivity contribution is 5.85. The molecule has 2 aromatic rings. The van der Waals surface area contributed by atoms with Crippen molar-refractivity contribution in [2.24, 2.45) is 0 Å². The van der Waals surface area contributed by atoms with Crippen LogP contribution in [-0.4, -0.2) is 72.4 Å². The van der Waals surface area contributed by atoms with E-state index >= 15 is 0 Å². The summed E-state index contributed by atoms with van der Waals surface area (Å²) in [6.07, 6.45) is 4.07. The topological polar surface area (TPSA) is 51.7 Å². The summed E-state index contributed by atoms with van der Waals surface area (Å²) < 4.78 is 5.81. The third-order valence-corrected chi connectivity index (χ3v) is 4.51. The Bertz CT molecular complexity index is 607. The van der Waals surface area contributed by atoms with E-state index in [9.17, 15) is 5.11 Å². The molecule has 1 aliphatic heterocycles. The number of likely N-dealkylation sites (tertiary alicyclic amines) is 1. The fraction of sp³-hybridized carbons (Fsp3) is 0.556. The molecule has 1 atom stereocenters. The van der Waals surface area contributed by atoms with E-state index < -0.39 is 6.10 Å². The van der Waals surface area contributed by atoms with Crippen LogP contribution in [0.15, 0.2) is 30.5 Å².